The van der Waals surface area contributed by atoms with Gasteiger partial charge in [0.1, 0.15) is 6.61 Å². The maximum Gasteiger partial charge on any atom is 0.338 e. The number of hydrogen-bond acceptors (Lipinski definition) is 4. The topological polar surface area (TPSA) is 72.5 Å². The SMILES string of the molecule is C=C(C)C1CCC2(N)CCC3(C)C(CCC4C5(C)CC=C(C6=CCC(O)(C(=O)OCc7ccccc7)CC6)C(C)(C)C5CCC43C)C12. The second-order valence-electron chi connectivity index (χ2n) is 18.5. The highest BCUT2D eigenvalue weighted by molar-refractivity contribution is 5.80. The number of ether oxygens (including phenoxy) is 1. The summed E-state index contributed by atoms with van der Waals surface area (Å²) in [4.78, 5) is 13.0. The van der Waals surface area contributed by atoms with Gasteiger partial charge in [0.2, 0.25) is 0 Å². The molecular weight excluding hydrogens is 578 g/mol. The second-order valence-corrected chi connectivity index (χ2v) is 18.5. The number of allylic oxidation sites excluding steroid dienone is 4. The molecule has 6 aliphatic carbocycles. The molecule has 0 radical (unpaired) electrons. The van der Waals surface area contributed by atoms with E-state index in [0.29, 0.717) is 59.7 Å². The van der Waals surface area contributed by atoms with Gasteiger partial charge in [-0.25, -0.2) is 4.79 Å². The average molecular weight is 640 g/mol. The van der Waals surface area contributed by atoms with E-state index in [0.717, 1.165) is 12.0 Å². The summed E-state index contributed by atoms with van der Waals surface area (Å²) in [6.45, 7) is 20.0. The van der Waals surface area contributed by atoms with Gasteiger partial charge in [-0.2, -0.15) is 0 Å². The third kappa shape index (κ3) is 4.84. The van der Waals surface area contributed by atoms with Crippen LogP contribution in [-0.2, 0) is 16.1 Å². The first-order valence-corrected chi connectivity index (χ1v) is 18.9. The van der Waals surface area contributed by atoms with Crippen molar-refractivity contribution in [2.24, 2.45) is 57.0 Å². The molecule has 7 rings (SSSR count). The van der Waals surface area contributed by atoms with Crippen LogP contribution in [0.4, 0.5) is 0 Å². The Hall–Kier alpha value is -2.17. The Bertz CT molecular complexity index is 1490. The predicted molar refractivity (Wildman–Crippen MR) is 190 cm³/mol. The van der Waals surface area contributed by atoms with E-state index >= 15 is 0 Å². The lowest BCUT2D eigenvalue weighted by Gasteiger charge is -2.72. The van der Waals surface area contributed by atoms with Crippen molar-refractivity contribution in [1.29, 1.82) is 0 Å². The Morgan fingerprint density at radius 3 is 2.32 bits per heavy atom. The summed E-state index contributed by atoms with van der Waals surface area (Å²) in [6.07, 6.45) is 17.4. The summed E-state index contributed by atoms with van der Waals surface area (Å²) in [5, 5.41) is 11.3. The molecular formula is C43H61NO3. The second kappa shape index (κ2) is 11.2. The zero-order valence-electron chi connectivity index (χ0n) is 30.2. The normalized spacial score (nSPS) is 45.3. The molecule has 0 aliphatic heterocycles. The van der Waals surface area contributed by atoms with Crippen LogP contribution in [0, 0.1) is 51.2 Å². The molecule has 0 saturated heterocycles. The molecule has 0 bridgehead atoms. The maximum absolute atomic E-state index is 13.0. The van der Waals surface area contributed by atoms with Crippen molar-refractivity contribution >= 4 is 5.97 Å². The van der Waals surface area contributed by atoms with E-state index in [1.54, 1.807) is 0 Å². The fraction of sp³-hybridized carbons (Fsp3) is 0.698. The molecule has 1 aromatic carbocycles. The third-order valence-corrected chi connectivity index (χ3v) is 16.1. The molecule has 0 heterocycles. The quantitative estimate of drug-likeness (QED) is 0.249. The lowest BCUT2D eigenvalue weighted by atomic mass is 9.33. The molecule has 1 aromatic rings. The molecule has 6 aliphatic rings. The highest BCUT2D eigenvalue weighted by Gasteiger charge is 2.70. The molecule has 0 amide bonds. The lowest BCUT2D eigenvalue weighted by molar-refractivity contribution is -0.219. The van der Waals surface area contributed by atoms with Gasteiger partial charge in [-0.05, 0) is 146 Å². The van der Waals surface area contributed by atoms with Gasteiger partial charge in [-0.15, -0.1) is 0 Å². The van der Waals surface area contributed by atoms with Gasteiger partial charge < -0.3 is 15.6 Å². The lowest BCUT2D eigenvalue weighted by Crippen LogP contribution is -2.67. The van der Waals surface area contributed by atoms with Crippen LogP contribution in [0.3, 0.4) is 0 Å². The predicted octanol–water partition coefficient (Wildman–Crippen LogP) is 9.48. The van der Waals surface area contributed by atoms with E-state index in [2.05, 4.69) is 60.3 Å². The molecule has 10 atom stereocenters. The third-order valence-electron chi connectivity index (χ3n) is 16.1. The maximum atomic E-state index is 13.0. The number of nitrogens with two attached hydrogens (primary N) is 1. The molecule has 256 valence electrons. The molecule has 0 aromatic heterocycles. The van der Waals surface area contributed by atoms with Crippen LogP contribution in [0.5, 0.6) is 0 Å². The first kappa shape index (κ1) is 33.3. The number of hydrogen-bond donors (Lipinski definition) is 2. The van der Waals surface area contributed by atoms with Crippen molar-refractivity contribution in [3.8, 4) is 0 Å². The Morgan fingerprint density at radius 1 is 0.894 bits per heavy atom. The van der Waals surface area contributed by atoms with Gasteiger partial charge in [0.05, 0.1) is 0 Å². The van der Waals surface area contributed by atoms with Crippen molar-refractivity contribution in [3.05, 3.63) is 71.3 Å². The van der Waals surface area contributed by atoms with Crippen LogP contribution >= 0.6 is 0 Å². The molecule has 4 saturated carbocycles. The van der Waals surface area contributed by atoms with E-state index < -0.39 is 11.6 Å². The van der Waals surface area contributed by atoms with E-state index in [4.69, 9.17) is 10.5 Å². The minimum atomic E-state index is -1.45. The monoisotopic (exact) mass is 639 g/mol. The van der Waals surface area contributed by atoms with E-state index in [-0.39, 0.29) is 23.0 Å². The van der Waals surface area contributed by atoms with Crippen LogP contribution in [0.2, 0.25) is 0 Å². The number of benzene rings is 1. The molecule has 10 unspecified atom stereocenters. The van der Waals surface area contributed by atoms with Crippen LogP contribution in [0.15, 0.2) is 65.8 Å². The van der Waals surface area contributed by atoms with Gasteiger partial charge in [-0.3, -0.25) is 0 Å². The number of esters is 1. The summed E-state index contributed by atoms with van der Waals surface area (Å²) < 4.78 is 5.58. The minimum absolute atomic E-state index is 0.00106. The molecule has 3 N–H and O–H groups in total. The Labute approximate surface area is 284 Å². The summed E-state index contributed by atoms with van der Waals surface area (Å²) in [7, 11) is 0. The number of fused-ring (bicyclic) bond motifs is 7. The largest absolute Gasteiger partial charge is 0.459 e. The molecule has 4 nitrogen and oxygen atoms in total. The zero-order valence-corrected chi connectivity index (χ0v) is 30.2. The van der Waals surface area contributed by atoms with Gasteiger partial charge >= 0.3 is 5.97 Å². The Kier molecular flexibility index (Phi) is 7.92. The van der Waals surface area contributed by atoms with Crippen molar-refractivity contribution in [3.63, 3.8) is 0 Å². The number of carbonyl (C=O) groups excluding carboxylic acids is 1. The smallest absolute Gasteiger partial charge is 0.338 e. The molecule has 47 heavy (non-hydrogen) atoms. The zero-order chi connectivity index (χ0) is 33.6. The van der Waals surface area contributed by atoms with Gasteiger partial charge in [-0.1, -0.05) is 89.3 Å². The standard InChI is InChI=1S/C43H61NO3/c1-28(2)31-17-22-42(44)26-25-40(6)33(36(31)42)13-14-35-39(5)20-18-32(38(3,4)34(39)19-21-41(35,40)7)30-15-23-43(46,24-16-30)37(45)47-27-29-11-9-8-10-12-29/h8-12,15,18,31,33-36,46H,1,13-14,16-17,19-27,44H2,2-7H3. The first-order valence-electron chi connectivity index (χ1n) is 18.9. The molecule has 0 spiro atoms. The summed E-state index contributed by atoms with van der Waals surface area (Å²) in [5.74, 6) is 2.68. The molecule has 4 heteroatoms. The number of aliphatic hydroxyl groups is 1. The van der Waals surface area contributed by atoms with E-state index in [1.807, 2.05) is 30.3 Å². The van der Waals surface area contributed by atoms with Crippen LogP contribution < -0.4 is 5.73 Å². The van der Waals surface area contributed by atoms with E-state index in [1.165, 1.54) is 68.1 Å². The van der Waals surface area contributed by atoms with Crippen molar-refractivity contribution in [1.82, 2.24) is 0 Å². The molecule has 4 fully saturated rings. The van der Waals surface area contributed by atoms with Crippen LogP contribution in [-0.4, -0.2) is 22.2 Å². The summed E-state index contributed by atoms with van der Waals surface area (Å²) in [5.41, 5.74) is 11.9. The number of carbonyl (C=O) groups is 1. The highest BCUT2D eigenvalue weighted by atomic mass is 16.5. The van der Waals surface area contributed by atoms with Crippen LogP contribution in [0.25, 0.3) is 0 Å². The summed E-state index contributed by atoms with van der Waals surface area (Å²) >= 11 is 0. The Morgan fingerprint density at radius 2 is 1.64 bits per heavy atom. The fourth-order valence-electron chi connectivity index (χ4n) is 13.5. The van der Waals surface area contributed by atoms with Gasteiger partial charge in [0, 0.05) is 12.0 Å². The minimum Gasteiger partial charge on any atom is -0.459 e. The van der Waals surface area contributed by atoms with Gasteiger partial charge in [0.25, 0.3) is 0 Å². The fourth-order valence-corrected chi connectivity index (χ4v) is 13.5. The van der Waals surface area contributed by atoms with Crippen molar-refractivity contribution in [2.75, 3.05) is 0 Å². The first-order chi connectivity index (χ1) is 22.1. The Balaban J connectivity index is 1.11. The van der Waals surface area contributed by atoms with Crippen molar-refractivity contribution < 1.29 is 14.6 Å². The van der Waals surface area contributed by atoms with Crippen molar-refractivity contribution in [2.45, 2.75) is 136 Å². The average Bonchev–Trinajstić information content (AvgIpc) is 3.39. The van der Waals surface area contributed by atoms with Gasteiger partial charge in [0.15, 0.2) is 5.60 Å². The summed E-state index contributed by atoms with van der Waals surface area (Å²) in [6, 6.07) is 9.70. The number of rotatable bonds is 5. The van der Waals surface area contributed by atoms with Crippen LogP contribution in [0.1, 0.15) is 124 Å². The van der Waals surface area contributed by atoms with E-state index in [9.17, 15) is 9.90 Å². The highest BCUT2D eigenvalue weighted by Crippen LogP contribution is 2.76.